The lowest BCUT2D eigenvalue weighted by molar-refractivity contribution is 0.0971. The van der Waals surface area contributed by atoms with Gasteiger partial charge in [-0.1, -0.05) is 59.1 Å². The third-order valence-electron chi connectivity index (χ3n) is 4.76. The Morgan fingerprint density at radius 1 is 0.828 bits per heavy atom. The maximum absolute atomic E-state index is 12.9. The van der Waals surface area contributed by atoms with Crippen LogP contribution in [-0.4, -0.2) is 14.9 Å². The van der Waals surface area contributed by atoms with Gasteiger partial charge in [0.25, 0.3) is 0 Å². The summed E-state index contributed by atoms with van der Waals surface area (Å²) in [4.78, 5) is 12.9. The number of benzene rings is 3. The number of carbonyl (C=O) groups excluding carboxylic acids is 1. The number of rotatable bonds is 5. The molecule has 3 aromatic carbocycles. The molecule has 0 aliphatic heterocycles. The van der Waals surface area contributed by atoms with Gasteiger partial charge in [0, 0.05) is 15.6 Å². The Morgan fingerprint density at radius 3 is 2.10 bits per heavy atom. The maximum Gasteiger partial charge on any atom is 0.203 e. The van der Waals surface area contributed by atoms with Gasteiger partial charge in [-0.2, -0.15) is 0 Å². The molecule has 4 nitrogen and oxygen atoms in total. The summed E-state index contributed by atoms with van der Waals surface area (Å²) in [5, 5.41) is 10.1. The number of Topliss-reactive ketones (excluding diaryl/α,β-unsaturated/α-hetero) is 1. The minimum atomic E-state index is -0.181. The van der Waals surface area contributed by atoms with Crippen molar-refractivity contribution >= 4 is 51.6 Å². The van der Waals surface area contributed by atoms with Gasteiger partial charge in [-0.25, -0.2) is 0 Å². The number of fused-ring (bicyclic) bond motifs is 1. The van der Waals surface area contributed by atoms with E-state index in [9.17, 15) is 4.79 Å². The number of hydrogen-bond donors (Lipinski definition) is 1. The molecule has 0 saturated carbocycles. The van der Waals surface area contributed by atoms with Crippen LogP contribution < -0.4 is 5.62 Å². The zero-order chi connectivity index (χ0) is 20.5. The highest BCUT2D eigenvalue weighted by atomic mass is 35.5. The van der Waals surface area contributed by atoms with Crippen molar-refractivity contribution in [3.63, 3.8) is 0 Å². The second-order valence-electron chi connectivity index (χ2n) is 6.66. The Morgan fingerprint density at radius 2 is 1.45 bits per heavy atom. The van der Waals surface area contributed by atoms with Crippen molar-refractivity contribution in [2.45, 2.75) is 13.1 Å². The Kier molecular flexibility index (Phi) is 5.50. The number of para-hydroxylation sites is 2. The molecule has 4 rings (SSSR count). The van der Waals surface area contributed by atoms with Gasteiger partial charge in [-0.05, 0) is 48.0 Å². The summed E-state index contributed by atoms with van der Waals surface area (Å²) in [7, 11) is 0. The molecule has 0 bridgehead atoms. The predicted octanol–water partition coefficient (Wildman–Crippen LogP) is 5.81. The van der Waals surface area contributed by atoms with Gasteiger partial charge < -0.3 is 9.13 Å². The van der Waals surface area contributed by atoms with Crippen LogP contribution in [0.15, 0.2) is 66.7 Å². The topological polar surface area (TPSA) is 50.8 Å². The summed E-state index contributed by atoms with van der Waals surface area (Å²) in [6.45, 7) is 0.508. The molecule has 29 heavy (non-hydrogen) atoms. The minimum absolute atomic E-state index is 0.00825. The first-order valence-corrected chi connectivity index (χ1v) is 10.0. The van der Waals surface area contributed by atoms with E-state index in [1.807, 2.05) is 53.1 Å². The second-order valence-corrected chi connectivity index (χ2v) is 7.94. The highest BCUT2D eigenvalue weighted by Crippen LogP contribution is 2.22. The van der Waals surface area contributed by atoms with E-state index in [4.69, 9.17) is 40.2 Å². The van der Waals surface area contributed by atoms with Crippen LogP contribution in [0, 0.1) is 5.41 Å². The summed E-state index contributed by atoms with van der Waals surface area (Å²) in [6, 6.07) is 20.0. The molecule has 0 fully saturated rings. The molecule has 1 N–H and O–H groups in total. The largest absolute Gasteiger partial charge is 0.306 e. The molecule has 0 unspecified atom stereocenters. The summed E-state index contributed by atoms with van der Waals surface area (Å²) in [5.74, 6) is -0.181. The molecule has 0 aliphatic carbocycles. The van der Waals surface area contributed by atoms with E-state index in [0.29, 0.717) is 27.2 Å². The Balaban J connectivity index is 1.75. The predicted molar refractivity (Wildman–Crippen MR) is 117 cm³/mol. The highest BCUT2D eigenvalue weighted by molar-refractivity contribution is 6.36. The lowest BCUT2D eigenvalue weighted by Gasteiger charge is -2.07. The molecular formula is C22H16Cl3N3O. The number of carbonyl (C=O) groups is 1. The number of nitrogens with one attached hydrogen (secondary N) is 1. The van der Waals surface area contributed by atoms with Gasteiger partial charge in [-0.3, -0.25) is 10.2 Å². The van der Waals surface area contributed by atoms with E-state index in [1.165, 1.54) is 0 Å². The molecule has 0 atom stereocenters. The van der Waals surface area contributed by atoms with Crippen molar-refractivity contribution in [1.82, 2.24) is 9.13 Å². The summed E-state index contributed by atoms with van der Waals surface area (Å²) in [6.07, 6.45) is 0. The van der Waals surface area contributed by atoms with E-state index in [2.05, 4.69) is 0 Å². The van der Waals surface area contributed by atoms with Crippen LogP contribution in [0.1, 0.15) is 15.9 Å². The van der Waals surface area contributed by atoms with Gasteiger partial charge >= 0.3 is 0 Å². The number of hydrogen-bond acceptors (Lipinski definition) is 2. The van der Waals surface area contributed by atoms with E-state index < -0.39 is 0 Å². The van der Waals surface area contributed by atoms with Crippen molar-refractivity contribution in [2.75, 3.05) is 0 Å². The van der Waals surface area contributed by atoms with E-state index in [1.54, 1.807) is 22.8 Å². The number of imidazole rings is 1. The monoisotopic (exact) mass is 443 g/mol. The molecule has 0 saturated heterocycles. The van der Waals surface area contributed by atoms with Crippen LogP contribution in [0.25, 0.3) is 11.0 Å². The minimum Gasteiger partial charge on any atom is -0.306 e. The van der Waals surface area contributed by atoms with E-state index >= 15 is 0 Å². The number of aromatic nitrogens is 2. The Labute approximate surface area is 182 Å². The molecule has 1 heterocycles. The third-order valence-corrected chi connectivity index (χ3v) is 5.56. The summed E-state index contributed by atoms with van der Waals surface area (Å²) >= 11 is 18.1. The fourth-order valence-electron chi connectivity index (χ4n) is 3.33. The highest BCUT2D eigenvalue weighted by Gasteiger charge is 2.16. The smallest absolute Gasteiger partial charge is 0.203 e. The van der Waals surface area contributed by atoms with Crippen molar-refractivity contribution in [3.05, 3.63) is 98.5 Å². The van der Waals surface area contributed by atoms with Crippen molar-refractivity contribution in [1.29, 1.82) is 5.41 Å². The molecule has 0 spiro atoms. The lowest BCUT2D eigenvalue weighted by atomic mass is 10.1. The van der Waals surface area contributed by atoms with Gasteiger partial charge in [0.15, 0.2) is 5.78 Å². The fourth-order valence-corrected chi connectivity index (χ4v) is 3.97. The van der Waals surface area contributed by atoms with Crippen LogP contribution in [-0.2, 0) is 13.1 Å². The quantitative estimate of drug-likeness (QED) is 0.388. The number of nitrogens with zero attached hydrogens (tertiary/aromatic N) is 2. The molecule has 7 heteroatoms. The van der Waals surface area contributed by atoms with E-state index in [0.717, 1.165) is 16.6 Å². The van der Waals surface area contributed by atoms with Gasteiger partial charge in [0.1, 0.15) is 0 Å². The Hall–Kier alpha value is -2.53. The Bertz CT molecular complexity index is 1270. The molecule has 146 valence electrons. The SMILES string of the molecule is N=c1n(CC(=O)c2ccc(Cl)cc2Cl)c2ccccc2n1Cc1ccc(Cl)cc1. The summed E-state index contributed by atoms with van der Waals surface area (Å²) < 4.78 is 3.56. The van der Waals surface area contributed by atoms with Crippen molar-refractivity contribution < 1.29 is 4.79 Å². The maximum atomic E-state index is 12.9. The average Bonchev–Trinajstić information content (AvgIpc) is 2.95. The normalized spacial score (nSPS) is 11.1. The van der Waals surface area contributed by atoms with E-state index in [-0.39, 0.29) is 17.9 Å². The first-order valence-electron chi connectivity index (χ1n) is 8.89. The molecule has 4 aromatic rings. The van der Waals surface area contributed by atoms with Gasteiger partial charge in [-0.15, -0.1) is 0 Å². The first kappa shape index (κ1) is 19.8. The molecule has 1 aromatic heterocycles. The number of ketones is 1. The molecule has 0 amide bonds. The fraction of sp³-hybridized carbons (Fsp3) is 0.0909. The first-order chi connectivity index (χ1) is 13.9. The van der Waals surface area contributed by atoms with Gasteiger partial charge in [0.05, 0.1) is 29.1 Å². The molecular weight excluding hydrogens is 429 g/mol. The molecule has 0 aliphatic rings. The van der Waals surface area contributed by atoms with Crippen LogP contribution in [0.4, 0.5) is 0 Å². The summed E-state index contributed by atoms with van der Waals surface area (Å²) in [5.41, 5.74) is 3.33. The van der Waals surface area contributed by atoms with Crippen molar-refractivity contribution in [2.24, 2.45) is 0 Å². The zero-order valence-electron chi connectivity index (χ0n) is 15.2. The van der Waals surface area contributed by atoms with Crippen LogP contribution in [0.2, 0.25) is 15.1 Å². The standard InChI is InChI=1S/C22H16Cl3N3O/c23-15-7-5-14(6-8-15)12-27-19-3-1-2-4-20(19)28(22(27)26)13-21(29)17-10-9-16(24)11-18(17)25/h1-11,26H,12-13H2. The lowest BCUT2D eigenvalue weighted by Crippen LogP contribution is -2.27. The average molecular weight is 445 g/mol. The van der Waals surface area contributed by atoms with Crippen LogP contribution >= 0.6 is 34.8 Å². The zero-order valence-corrected chi connectivity index (χ0v) is 17.5. The number of halogens is 3. The van der Waals surface area contributed by atoms with Crippen LogP contribution in [0.3, 0.4) is 0 Å². The van der Waals surface area contributed by atoms with Crippen molar-refractivity contribution in [3.8, 4) is 0 Å². The van der Waals surface area contributed by atoms with Gasteiger partial charge in [0.2, 0.25) is 5.62 Å². The van der Waals surface area contributed by atoms with Crippen LogP contribution in [0.5, 0.6) is 0 Å². The third kappa shape index (κ3) is 3.97. The molecule has 0 radical (unpaired) electrons. The second kappa shape index (κ2) is 8.07.